The van der Waals surface area contributed by atoms with Gasteiger partial charge in [-0.15, -0.1) is 0 Å². The first kappa shape index (κ1) is 28.6. The van der Waals surface area contributed by atoms with Crippen LogP contribution in [0.25, 0.3) is 0 Å². The summed E-state index contributed by atoms with van der Waals surface area (Å²) in [6.07, 6.45) is -0.306. The van der Waals surface area contributed by atoms with E-state index in [2.05, 4.69) is 0 Å². The molecule has 0 aromatic heterocycles. The topological polar surface area (TPSA) is 102 Å². The van der Waals surface area contributed by atoms with E-state index in [1.165, 1.54) is 42.4 Å². The van der Waals surface area contributed by atoms with Crippen LogP contribution in [-0.2, 0) is 20.2 Å². The number of halogens is 1. The number of sulfonamides is 1. The number of ether oxygens (including phenoxy) is 3. The summed E-state index contributed by atoms with van der Waals surface area (Å²) < 4.78 is 46.3. The highest BCUT2D eigenvalue weighted by molar-refractivity contribution is 7.92. The van der Waals surface area contributed by atoms with E-state index in [9.17, 15) is 18.3 Å². The maximum Gasteiger partial charge on any atom is 0.313 e. The molecule has 1 aliphatic heterocycles. The highest BCUT2D eigenvalue weighted by atomic mass is 35.5. The van der Waals surface area contributed by atoms with Gasteiger partial charge in [0.05, 0.1) is 16.0 Å². The molecule has 1 atom stereocenters. The zero-order valence-corrected chi connectivity index (χ0v) is 23.8. The molecule has 4 rings (SSSR count). The minimum atomic E-state index is -3.99. The van der Waals surface area contributed by atoms with Gasteiger partial charge in [0.2, 0.25) is 0 Å². The number of anilines is 1. The van der Waals surface area contributed by atoms with Gasteiger partial charge in [-0.25, -0.2) is 8.42 Å². The molecule has 0 spiro atoms. The van der Waals surface area contributed by atoms with E-state index in [1.54, 1.807) is 18.2 Å². The first-order valence-electron chi connectivity index (χ1n) is 12.6. The maximum atomic E-state index is 13.8. The Kier molecular flexibility index (Phi) is 8.32. The number of rotatable bonds is 10. The van der Waals surface area contributed by atoms with Gasteiger partial charge in [0.25, 0.3) is 10.0 Å². The number of carboxylic acid groups (broad SMARTS) is 1. The average Bonchev–Trinajstić information content (AvgIpc) is 2.90. The Morgan fingerprint density at radius 3 is 2.41 bits per heavy atom. The molecule has 3 aromatic carbocycles. The second-order valence-corrected chi connectivity index (χ2v) is 12.6. The van der Waals surface area contributed by atoms with Crippen molar-refractivity contribution < 1.29 is 32.5 Å². The SMILES string of the molecule is CC(C)CN(c1ccc(Cl)c(C(C)(C)C(=O)O)c1)S(=O)(=O)c1ccc(OC[C@@H]2COc3ccccc3O2)cc1. The predicted octanol–water partition coefficient (Wildman–Crippen LogP) is 5.77. The number of carbonyl (C=O) groups is 1. The third kappa shape index (κ3) is 6.25. The van der Waals surface area contributed by atoms with Crippen LogP contribution in [0.4, 0.5) is 5.69 Å². The lowest BCUT2D eigenvalue weighted by atomic mass is 9.84. The third-order valence-corrected chi connectivity index (χ3v) is 8.53. The van der Waals surface area contributed by atoms with Crippen LogP contribution in [0.2, 0.25) is 5.02 Å². The fourth-order valence-corrected chi connectivity index (χ4v) is 6.08. The molecule has 0 fully saturated rings. The Bertz CT molecular complexity index is 1440. The molecule has 0 bridgehead atoms. The second-order valence-electron chi connectivity index (χ2n) is 10.3. The molecule has 0 unspecified atom stereocenters. The number of nitrogens with zero attached hydrogens (tertiary/aromatic N) is 1. The smallest absolute Gasteiger partial charge is 0.313 e. The highest BCUT2D eigenvalue weighted by Crippen LogP contribution is 2.36. The fraction of sp³-hybridized carbons (Fsp3) is 0.345. The van der Waals surface area contributed by atoms with Crippen LogP contribution < -0.4 is 18.5 Å². The lowest BCUT2D eigenvalue weighted by molar-refractivity contribution is -0.142. The molecule has 10 heteroatoms. The molecule has 8 nitrogen and oxygen atoms in total. The molecule has 0 radical (unpaired) electrons. The molecule has 39 heavy (non-hydrogen) atoms. The summed E-state index contributed by atoms with van der Waals surface area (Å²) in [4.78, 5) is 12.0. The molecule has 1 N–H and O–H groups in total. The lowest BCUT2D eigenvalue weighted by Crippen LogP contribution is -2.35. The first-order chi connectivity index (χ1) is 18.4. The molecule has 0 saturated heterocycles. The Morgan fingerprint density at radius 1 is 1.10 bits per heavy atom. The largest absolute Gasteiger partial charge is 0.490 e. The predicted molar refractivity (Wildman–Crippen MR) is 150 cm³/mol. The fourth-order valence-electron chi connectivity index (χ4n) is 4.11. The van der Waals surface area contributed by atoms with Crippen LogP contribution in [0.15, 0.2) is 71.6 Å². The maximum absolute atomic E-state index is 13.8. The summed E-state index contributed by atoms with van der Waals surface area (Å²) in [6, 6.07) is 18.2. The minimum absolute atomic E-state index is 0.00293. The Morgan fingerprint density at radius 2 is 1.77 bits per heavy atom. The molecule has 1 aliphatic rings. The molecule has 3 aromatic rings. The molecule has 208 valence electrons. The van der Waals surface area contributed by atoms with E-state index in [0.29, 0.717) is 35.1 Å². The zero-order valence-electron chi connectivity index (χ0n) is 22.3. The Hall–Kier alpha value is -3.43. The number of aliphatic carboxylic acids is 1. The molecule has 1 heterocycles. The standard InChI is InChI=1S/C29H32ClNO7S/c1-19(2)16-31(20-9-14-25(30)24(15-20)29(3,4)28(32)33)39(34,35)23-12-10-21(11-13-23)36-17-22-18-37-26-7-5-6-8-27(26)38-22/h5-15,19,22H,16-18H2,1-4H3,(H,32,33)/t22-/m1/s1. The van der Waals surface area contributed by atoms with Crippen molar-refractivity contribution in [2.24, 2.45) is 5.92 Å². The quantitative estimate of drug-likeness (QED) is 0.328. The number of hydrogen-bond acceptors (Lipinski definition) is 6. The van der Waals surface area contributed by atoms with Crippen molar-refractivity contribution in [3.8, 4) is 17.2 Å². The molecular weight excluding hydrogens is 542 g/mol. The van der Waals surface area contributed by atoms with E-state index in [1.807, 2.05) is 38.1 Å². The van der Waals surface area contributed by atoms with E-state index in [-0.39, 0.29) is 35.1 Å². The Labute approximate surface area is 234 Å². The normalized spacial score (nSPS) is 15.2. The van der Waals surface area contributed by atoms with Gasteiger partial charge in [-0.05, 0) is 79.9 Å². The zero-order chi connectivity index (χ0) is 28.4. The minimum Gasteiger partial charge on any atom is -0.490 e. The molecule has 0 saturated carbocycles. The summed E-state index contributed by atoms with van der Waals surface area (Å²) in [6.45, 7) is 7.64. The van der Waals surface area contributed by atoms with Gasteiger partial charge in [0.1, 0.15) is 19.0 Å². The summed E-state index contributed by atoms with van der Waals surface area (Å²) in [7, 11) is -3.99. The van der Waals surface area contributed by atoms with Crippen molar-refractivity contribution in [3.05, 3.63) is 77.3 Å². The second kappa shape index (κ2) is 11.4. The van der Waals surface area contributed by atoms with Crippen molar-refractivity contribution in [2.75, 3.05) is 24.1 Å². The van der Waals surface area contributed by atoms with Crippen molar-refractivity contribution in [3.63, 3.8) is 0 Å². The first-order valence-corrected chi connectivity index (χ1v) is 14.4. The van der Waals surface area contributed by atoms with Gasteiger partial charge in [0, 0.05) is 11.6 Å². The number of para-hydroxylation sites is 2. The highest BCUT2D eigenvalue weighted by Gasteiger charge is 2.34. The van der Waals surface area contributed by atoms with Crippen LogP contribution in [0, 0.1) is 5.92 Å². The summed E-state index contributed by atoms with van der Waals surface area (Å²) in [5.41, 5.74) is -0.639. The van der Waals surface area contributed by atoms with Crippen molar-refractivity contribution in [1.82, 2.24) is 0 Å². The number of hydrogen-bond donors (Lipinski definition) is 1. The van der Waals surface area contributed by atoms with Gasteiger partial charge in [-0.2, -0.15) is 0 Å². The van der Waals surface area contributed by atoms with Gasteiger partial charge in [0.15, 0.2) is 17.6 Å². The van der Waals surface area contributed by atoms with E-state index in [4.69, 9.17) is 25.8 Å². The van der Waals surface area contributed by atoms with Crippen LogP contribution in [0.5, 0.6) is 17.2 Å². The van der Waals surface area contributed by atoms with E-state index in [0.717, 1.165) is 0 Å². The molecule has 0 amide bonds. The van der Waals surface area contributed by atoms with Gasteiger partial charge < -0.3 is 19.3 Å². The number of carboxylic acids is 1. The van der Waals surface area contributed by atoms with Crippen LogP contribution >= 0.6 is 11.6 Å². The third-order valence-electron chi connectivity index (χ3n) is 6.39. The average molecular weight is 574 g/mol. The van der Waals surface area contributed by atoms with Crippen LogP contribution in [0.3, 0.4) is 0 Å². The van der Waals surface area contributed by atoms with E-state index < -0.39 is 21.4 Å². The van der Waals surface area contributed by atoms with Gasteiger partial charge >= 0.3 is 5.97 Å². The Balaban J connectivity index is 1.54. The summed E-state index contributed by atoms with van der Waals surface area (Å²) >= 11 is 6.33. The van der Waals surface area contributed by atoms with Crippen LogP contribution in [0.1, 0.15) is 33.3 Å². The van der Waals surface area contributed by atoms with Gasteiger partial charge in [-0.3, -0.25) is 9.10 Å². The molecule has 0 aliphatic carbocycles. The van der Waals surface area contributed by atoms with Crippen molar-refractivity contribution in [2.45, 2.75) is 44.1 Å². The summed E-state index contributed by atoms with van der Waals surface area (Å²) in [5.74, 6) is 0.764. The van der Waals surface area contributed by atoms with Crippen LogP contribution in [-0.4, -0.2) is 45.4 Å². The summed E-state index contributed by atoms with van der Waals surface area (Å²) in [5, 5.41) is 9.97. The number of fused-ring (bicyclic) bond motifs is 1. The van der Waals surface area contributed by atoms with Gasteiger partial charge in [-0.1, -0.05) is 37.6 Å². The molecular formula is C29H32ClNO7S. The number of benzene rings is 3. The van der Waals surface area contributed by atoms with Crippen molar-refractivity contribution >= 4 is 33.3 Å². The monoisotopic (exact) mass is 573 g/mol. The van der Waals surface area contributed by atoms with Crippen molar-refractivity contribution in [1.29, 1.82) is 0 Å². The lowest BCUT2D eigenvalue weighted by Gasteiger charge is -2.29. The van der Waals surface area contributed by atoms with E-state index >= 15 is 0 Å².